The first kappa shape index (κ1) is 21.0. The summed E-state index contributed by atoms with van der Waals surface area (Å²) < 4.78 is 5.60. The Hall–Kier alpha value is -3.28. The molecule has 2 aromatic carbocycles. The minimum Gasteiger partial charge on any atom is -0.489 e. The zero-order valence-electron chi connectivity index (χ0n) is 16.4. The summed E-state index contributed by atoms with van der Waals surface area (Å²) in [5, 5.41) is 8.68. The maximum atomic E-state index is 12.2. The highest BCUT2D eigenvalue weighted by Gasteiger charge is 2.08. The first-order chi connectivity index (χ1) is 13.5. The van der Waals surface area contributed by atoms with Gasteiger partial charge in [0.05, 0.1) is 6.54 Å². The van der Waals surface area contributed by atoms with Gasteiger partial charge in [-0.25, -0.2) is 0 Å². The van der Waals surface area contributed by atoms with Gasteiger partial charge in [0.25, 0.3) is 5.91 Å². The Morgan fingerprint density at radius 2 is 1.82 bits per heavy atom. The fourth-order valence-corrected chi connectivity index (χ4v) is 2.37. The van der Waals surface area contributed by atoms with Crippen LogP contribution in [0.15, 0.2) is 60.7 Å². The molecule has 0 bridgehead atoms. The smallest absolute Gasteiger partial charge is 0.251 e. The number of carbonyl (C=O) groups is 2. The van der Waals surface area contributed by atoms with Crippen molar-refractivity contribution in [3.05, 3.63) is 66.2 Å². The normalized spacial score (nSPS) is 10.1. The third kappa shape index (κ3) is 7.15. The van der Waals surface area contributed by atoms with Crippen LogP contribution in [-0.2, 0) is 4.79 Å². The number of ether oxygens (including phenoxy) is 1. The van der Waals surface area contributed by atoms with E-state index in [1.807, 2.05) is 38.1 Å². The van der Waals surface area contributed by atoms with E-state index < -0.39 is 0 Å². The van der Waals surface area contributed by atoms with Gasteiger partial charge in [0.1, 0.15) is 12.4 Å². The molecule has 0 saturated carbocycles. The molecule has 0 saturated heterocycles. The lowest BCUT2D eigenvalue weighted by Crippen LogP contribution is -2.24. The first-order valence-corrected chi connectivity index (χ1v) is 9.27. The van der Waals surface area contributed by atoms with Crippen LogP contribution in [0.2, 0.25) is 0 Å². The molecule has 0 atom stereocenters. The van der Waals surface area contributed by atoms with Crippen LogP contribution in [0.4, 0.5) is 11.4 Å². The predicted molar refractivity (Wildman–Crippen MR) is 113 cm³/mol. The summed E-state index contributed by atoms with van der Waals surface area (Å²) in [7, 11) is 0. The van der Waals surface area contributed by atoms with Crippen LogP contribution in [0.1, 0.15) is 30.6 Å². The summed E-state index contributed by atoms with van der Waals surface area (Å²) in [5.74, 6) is 0.348. The van der Waals surface area contributed by atoms with Gasteiger partial charge in [-0.3, -0.25) is 9.59 Å². The molecule has 0 unspecified atom stereocenters. The van der Waals surface area contributed by atoms with E-state index in [1.54, 1.807) is 24.3 Å². The topological polar surface area (TPSA) is 79.5 Å². The number of nitrogens with one attached hydrogen (secondary N) is 3. The molecule has 6 heteroatoms. The van der Waals surface area contributed by atoms with E-state index >= 15 is 0 Å². The second-order valence-corrected chi connectivity index (χ2v) is 6.51. The van der Waals surface area contributed by atoms with E-state index in [0.717, 1.165) is 17.7 Å². The molecule has 0 fully saturated rings. The third-order valence-electron chi connectivity index (χ3n) is 3.72. The van der Waals surface area contributed by atoms with Crippen molar-refractivity contribution in [1.29, 1.82) is 0 Å². The second-order valence-electron chi connectivity index (χ2n) is 6.51. The number of benzene rings is 2. The summed E-state index contributed by atoms with van der Waals surface area (Å²) >= 11 is 0. The van der Waals surface area contributed by atoms with Crippen molar-refractivity contribution < 1.29 is 14.3 Å². The Kier molecular flexibility index (Phi) is 8.09. The number of hydrogen-bond acceptors (Lipinski definition) is 4. The van der Waals surface area contributed by atoms with Crippen LogP contribution >= 0.6 is 0 Å². The van der Waals surface area contributed by atoms with Crippen LogP contribution in [-0.4, -0.2) is 31.5 Å². The lowest BCUT2D eigenvalue weighted by atomic mass is 10.2. The zero-order chi connectivity index (χ0) is 20.4. The Morgan fingerprint density at radius 3 is 2.57 bits per heavy atom. The van der Waals surface area contributed by atoms with Gasteiger partial charge in [-0.15, -0.1) is 0 Å². The van der Waals surface area contributed by atoms with Crippen LogP contribution in [0.5, 0.6) is 5.75 Å². The Bertz CT molecular complexity index is 833. The largest absolute Gasteiger partial charge is 0.489 e. The fourth-order valence-electron chi connectivity index (χ4n) is 2.37. The van der Waals surface area contributed by atoms with Crippen molar-refractivity contribution in [3.63, 3.8) is 0 Å². The number of hydrogen-bond donors (Lipinski definition) is 3. The molecule has 0 aromatic heterocycles. The molecule has 2 amide bonds. The Labute approximate surface area is 166 Å². The summed E-state index contributed by atoms with van der Waals surface area (Å²) in [5.41, 5.74) is 2.81. The average molecular weight is 381 g/mol. The predicted octanol–water partition coefficient (Wildman–Crippen LogP) is 3.83. The van der Waals surface area contributed by atoms with Crippen molar-refractivity contribution in [2.45, 2.75) is 20.3 Å². The van der Waals surface area contributed by atoms with Crippen LogP contribution in [0, 0.1) is 0 Å². The maximum absolute atomic E-state index is 12.2. The van der Waals surface area contributed by atoms with Gasteiger partial charge in [-0.2, -0.15) is 0 Å². The van der Waals surface area contributed by atoms with E-state index in [1.165, 1.54) is 0 Å². The molecule has 0 spiro atoms. The van der Waals surface area contributed by atoms with Gasteiger partial charge in [0.2, 0.25) is 5.91 Å². The van der Waals surface area contributed by atoms with E-state index in [9.17, 15) is 9.59 Å². The fraction of sp³-hybridized carbons (Fsp3) is 0.273. The monoisotopic (exact) mass is 381 g/mol. The molecule has 0 aliphatic rings. The number of rotatable bonds is 10. The molecule has 2 rings (SSSR count). The summed E-state index contributed by atoms with van der Waals surface area (Å²) in [6.45, 7) is 8.86. The van der Waals surface area contributed by atoms with Crippen LogP contribution in [0.3, 0.4) is 0 Å². The van der Waals surface area contributed by atoms with Crippen LogP contribution < -0.4 is 20.7 Å². The molecular weight excluding hydrogens is 354 g/mol. The molecular formula is C22H27N3O3. The third-order valence-corrected chi connectivity index (χ3v) is 3.72. The maximum Gasteiger partial charge on any atom is 0.251 e. The van der Waals surface area contributed by atoms with Crippen molar-refractivity contribution in [3.8, 4) is 5.75 Å². The Balaban J connectivity index is 1.88. The SMILES string of the molecule is C=C(C)COc1cccc(NCC(=O)Nc2cccc(C(=O)NCCC)c2)c1. The van der Waals surface area contributed by atoms with E-state index in [2.05, 4.69) is 22.5 Å². The van der Waals surface area contributed by atoms with Crippen molar-refractivity contribution >= 4 is 23.2 Å². The summed E-state index contributed by atoms with van der Waals surface area (Å²) in [6.07, 6.45) is 0.868. The second kappa shape index (κ2) is 10.8. The highest BCUT2D eigenvalue weighted by molar-refractivity contribution is 5.98. The minimum absolute atomic E-state index is 0.0935. The van der Waals surface area contributed by atoms with Gasteiger partial charge in [-0.05, 0) is 49.2 Å². The van der Waals surface area contributed by atoms with Crippen LogP contribution in [0.25, 0.3) is 0 Å². The molecule has 0 aliphatic carbocycles. The average Bonchev–Trinajstić information content (AvgIpc) is 2.69. The zero-order valence-corrected chi connectivity index (χ0v) is 16.4. The molecule has 148 valence electrons. The van der Waals surface area contributed by atoms with E-state index in [4.69, 9.17) is 4.74 Å². The lowest BCUT2D eigenvalue weighted by Gasteiger charge is -2.11. The van der Waals surface area contributed by atoms with Crippen molar-refractivity contribution in [2.24, 2.45) is 0 Å². The van der Waals surface area contributed by atoms with Gasteiger partial charge in [-0.1, -0.05) is 25.6 Å². The van der Waals surface area contributed by atoms with E-state index in [-0.39, 0.29) is 18.4 Å². The number of carbonyl (C=O) groups excluding carboxylic acids is 2. The number of anilines is 2. The quantitative estimate of drug-likeness (QED) is 0.547. The summed E-state index contributed by atoms with van der Waals surface area (Å²) in [4.78, 5) is 24.2. The molecule has 2 aromatic rings. The first-order valence-electron chi connectivity index (χ1n) is 9.27. The number of amides is 2. The molecule has 0 radical (unpaired) electrons. The highest BCUT2D eigenvalue weighted by Crippen LogP contribution is 2.18. The van der Waals surface area contributed by atoms with Crippen molar-refractivity contribution in [1.82, 2.24) is 5.32 Å². The molecule has 28 heavy (non-hydrogen) atoms. The van der Waals surface area contributed by atoms with Crippen molar-refractivity contribution in [2.75, 3.05) is 30.3 Å². The van der Waals surface area contributed by atoms with Gasteiger partial charge >= 0.3 is 0 Å². The molecule has 3 N–H and O–H groups in total. The molecule has 0 heterocycles. The molecule has 0 aliphatic heterocycles. The van der Waals surface area contributed by atoms with Gasteiger partial charge in [0, 0.05) is 29.5 Å². The molecule has 6 nitrogen and oxygen atoms in total. The Morgan fingerprint density at radius 1 is 1.07 bits per heavy atom. The van der Waals surface area contributed by atoms with Gasteiger partial charge < -0.3 is 20.7 Å². The minimum atomic E-state index is -0.209. The summed E-state index contributed by atoms with van der Waals surface area (Å²) in [6, 6.07) is 14.3. The standard InChI is InChI=1S/C22H27N3O3/c1-4-11-23-22(27)17-7-5-9-19(12-17)25-21(26)14-24-18-8-6-10-20(13-18)28-15-16(2)3/h5-10,12-13,24H,2,4,11,14-15H2,1,3H3,(H,23,27)(H,25,26). The highest BCUT2D eigenvalue weighted by atomic mass is 16.5. The van der Waals surface area contributed by atoms with Gasteiger partial charge in [0.15, 0.2) is 0 Å². The lowest BCUT2D eigenvalue weighted by molar-refractivity contribution is -0.114. The van der Waals surface area contributed by atoms with E-state index in [0.29, 0.717) is 30.2 Å².